The molecule has 24 heavy (non-hydrogen) atoms. The summed E-state index contributed by atoms with van der Waals surface area (Å²) in [6, 6.07) is 14.7. The van der Waals surface area contributed by atoms with E-state index < -0.39 is 21.8 Å². The molecular weight excluding hydrogens is 328 g/mol. The van der Waals surface area contributed by atoms with Crippen molar-refractivity contribution in [1.29, 1.82) is 5.26 Å². The molecule has 0 aromatic heterocycles. The van der Waals surface area contributed by atoms with Gasteiger partial charge in [0.2, 0.25) is 5.91 Å². The van der Waals surface area contributed by atoms with Crippen LogP contribution in [0.5, 0.6) is 5.75 Å². The second-order valence-electron chi connectivity index (χ2n) is 5.43. The van der Waals surface area contributed by atoms with Crippen molar-refractivity contribution in [3.8, 4) is 11.8 Å². The molecule has 1 atom stereocenters. The quantitative estimate of drug-likeness (QED) is 0.914. The summed E-state index contributed by atoms with van der Waals surface area (Å²) < 4.78 is 32.2. The molecule has 2 aromatic carbocycles. The number of para-hydroxylation sites is 1. The van der Waals surface area contributed by atoms with Gasteiger partial charge in [0, 0.05) is 0 Å². The van der Waals surface area contributed by atoms with Crippen LogP contribution in [-0.2, 0) is 21.2 Å². The number of amides is 1. The van der Waals surface area contributed by atoms with Crippen LogP contribution in [0.25, 0.3) is 0 Å². The zero-order chi connectivity index (χ0) is 17.2. The summed E-state index contributed by atoms with van der Waals surface area (Å²) in [6.45, 7) is 0.122. The molecule has 0 saturated carbocycles. The molecular formula is C17H14N2O4S. The number of carbonyl (C=O) groups is 1. The molecule has 0 bridgehead atoms. The smallest absolute Gasteiger partial charge is 0.264 e. The van der Waals surface area contributed by atoms with Gasteiger partial charge in [-0.1, -0.05) is 24.3 Å². The van der Waals surface area contributed by atoms with Crippen LogP contribution in [0.15, 0.2) is 53.4 Å². The molecule has 1 amide bonds. The van der Waals surface area contributed by atoms with E-state index in [1.54, 1.807) is 0 Å². The van der Waals surface area contributed by atoms with Gasteiger partial charge >= 0.3 is 0 Å². The SMILES string of the molecule is N#Cc1cccc(S(=O)(=O)NC(=O)[C@@H]2COc3ccccc3C2)c1. The van der Waals surface area contributed by atoms with Crippen LogP contribution in [0, 0.1) is 17.2 Å². The number of hydrogen-bond donors (Lipinski definition) is 1. The molecule has 0 spiro atoms. The standard InChI is InChI=1S/C17H14N2O4S/c18-10-12-4-3-6-15(8-12)24(21,22)19-17(20)14-9-13-5-1-2-7-16(13)23-11-14/h1-8,14H,9,11H2,(H,19,20)/t14-/m0/s1. The molecule has 0 unspecified atom stereocenters. The first-order valence-electron chi connectivity index (χ1n) is 7.27. The highest BCUT2D eigenvalue weighted by molar-refractivity contribution is 7.90. The third-order valence-corrected chi connectivity index (χ3v) is 5.10. The van der Waals surface area contributed by atoms with Gasteiger partial charge in [0.15, 0.2) is 0 Å². The highest BCUT2D eigenvalue weighted by Crippen LogP contribution is 2.27. The molecule has 7 heteroatoms. The number of sulfonamides is 1. The third kappa shape index (κ3) is 3.24. The summed E-state index contributed by atoms with van der Waals surface area (Å²) in [5.74, 6) is -0.494. The van der Waals surface area contributed by atoms with Crippen LogP contribution < -0.4 is 9.46 Å². The molecule has 2 aromatic rings. The first-order valence-corrected chi connectivity index (χ1v) is 8.75. The summed E-state index contributed by atoms with van der Waals surface area (Å²) in [5.41, 5.74) is 1.08. The van der Waals surface area contributed by atoms with Crippen molar-refractivity contribution in [2.45, 2.75) is 11.3 Å². The van der Waals surface area contributed by atoms with Gasteiger partial charge in [0.1, 0.15) is 12.4 Å². The lowest BCUT2D eigenvalue weighted by Gasteiger charge is -2.24. The number of rotatable bonds is 3. The van der Waals surface area contributed by atoms with E-state index in [0.717, 1.165) is 5.56 Å². The summed E-state index contributed by atoms with van der Waals surface area (Å²) in [4.78, 5) is 12.2. The minimum atomic E-state index is -4.03. The molecule has 122 valence electrons. The molecule has 6 nitrogen and oxygen atoms in total. The summed E-state index contributed by atoms with van der Waals surface area (Å²) in [7, 11) is -4.03. The minimum Gasteiger partial charge on any atom is -0.492 e. The lowest BCUT2D eigenvalue weighted by Crippen LogP contribution is -2.40. The van der Waals surface area contributed by atoms with E-state index in [0.29, 0.717) is 12.2 Å². The van der Waals surface area contributed by atoms with Crippen molar-refractivity contribution < 1.29 is 17.9 Å². The maximum atomic E-state index is 12.3. The Hall–Kier alpha value is -2.85. The van der Waals surface area contributed by atoms with E-state index in [2.05, 4.69) is 4.72 Å². The van der Waals surface area contributed by atoms with E-state index in [4.69, 9.17) is 10.00 Å². The normalized spacial score (nSPS) is 16.4. The number of benzene rings is 2. The van der Waals surface area contributed by atoms with Gasteiger partial charge < -0.3 is 4.74 Å². The first kappa shape index (κ1) is 16.0. The molecule has 1 aliphatic heterocycles. The minimum absolute atomic E-state index is 0.118. The second kappa shape index (κ2) is 6.34. The first-order chi connectivity index (χ1) is 11.5. The maximum Gasteiger partial charge on any atom is 0.264 e. The number of hydrogen-bond acceptors (Lipinski definition) is 5. The Kier molecular flexibility index (Phi) is 4.23. The fraction of sp³-hybridized carbons (Fsp3) is 0.176. The molecule has 0 radical (unpaired) electrons. The molecule has 0 aliphatic carbocycles. The highest BCUT2D eigenvalue weighted by atomic mass is 32.2. The Morgan fingerprint density at radius 1 is 1.21 bits per heavy atom. The Bertz CT molecular complexity index is 932. The number of fused-ring (bicyclic) bond motifs is 1. The predicted molar refractivity (Wildman–Crippen MR) is 85.6 cm³/mol. The number of ether oxygens (including phenoxy) is 1. The summed E-state index contributed by atoms with van der Waals surface area (Å²) in [5, 5.41) is 8.86. The highest BCUT2D eigenvalue weighted by Gasteiger charge is 2.29. The van der Waals surface area contributed by atoms with E-state index in [-0.39, 0.29) is 17.1 Å². The van der Waals surface area contributed by atoms with Crippen LogP contribution in [-0.4, -0.2) is 20.9 Å². The molecule has 1 N–H and O–H groups in total. The second-order valence-corrected chi connectivity index (χ2v) is 7.11. The van der Waals surface area contributed by atoms with E-state index in [1.165, 1.54) is 24.3 Å². The molecule has 0 fully saturated rings. The number of carbonyl (C=O) groups excluding carboxylic acids is 1. The average molecular weight is 342 g/mol. The van der Waals surface area contributed by atoms with Crippen molar-refractivity contribution in [2.75, 3.05) is 6.61 Å². The zero-order valence-corrected chi connectivity index (χ0v) is 13.4. The fourth-order valence-corrected chi connectivity index (χ4v) is 3.59. The Labute approximate surface area is 139 Å². The Balaban J connectivity index is 1.76. The van der Waals surface area contributed by atoms with Gasteiger partial charge in [-0.2, -0.15) is 5.26 Å². The number of nitrogens with one attached hydrogen (secondary N) is 1. The van der Waals surface area contributed by atoms with E-state index >= 15 is 0 Å². The van der Waals surface area contributed by atoms with Crippen molar-refractivity contribution in [3.63, 3.8) is 0 Å². The zero-order valence-electron chi connectivity index (χ0n) is 12.6. The summed E-state index contributed by atoms with van der Waals surface area (Å²) >= 11 is 0. The van der Waals surface area contributed by atoms with Crippen molar-refractivity contribution >= 4 is 15.9 Å². The lowest BCUT2D eigenvalue weighted by atomic mass is 9.96. The summed E-state index contributed by atoms with van der Waals surface area (Å²) in [6.07, 6.45) is 0.412. The van der Waals surface area contributed by atoms with Gasteiger partial charge in [0.25, 0.3) is 10.0 Å². The lowest BCUT2D eigenvalue weighted by molar-refractivity contribution is -0.124. The average Bonchev–Trinajstić information content (AvgIpc) is 2.61. The molecule has 1 aliphatic rings. The van der Waals surface area contributed by atoms with Crippen LogP contribution >= 0.6 is 0 Å². The van der Waals surface area contributed by atoms with Crippen LogP contribution in [0.2, 0.25) is 0 Å². The third-order valence-electron chi connectivity index (χ3n) is 3.76. The monoisotopic (exact) mass is 342 g/mol. The largest absolute Gasteiger partial charge is 0.492 e. The van der Waals surface area contributed by atoms with Gasteiger partial charge in [-0.3, -0.25) is 4.79 Å². The van der Waals surface area contributed by atoms with Gasteiger partial charge in [-0.15, -0.1) is 0 Å². The van der Waals surface area contributed by atoms with Gasteiger partial charge in [0.05, 0.1) is 22.4 Å². The number of nitrogens with zero attached hydrogens (tertiary/aromatic N) is 1. The van der Waals surface area contributed by atoms with E-state index in [1.807, 2.05) is 30.3 Å². The van der Waals surface area contributed by atoms with Gasteiger partial charge in [-0.05, 0) is 36.2 Å². The van der Waals surface area contributed by atoms with Crippen LogP contribution in [0.3, 0.4) is 0 Å². The van der Waals surface area contributed by atoms with Crippen molar-refractivity contribution in [2.24, 2.45) is 5.92 Å². The predicted octanol–water partition coefficient (Wildman–Crippen LogP) is 1.61. The molecule has 0 saturated heterocycles. The maximum absolute atomic E-state index is 12.3. The topological polar surface area (TPSA) is 96.3 Å². The van der Waals surface area contributed by atoms with Crippen molar-refractivity contribution in [3.05, 3.63) is 59.7 Å². The van der Waals surface area contributed by atoms with Gasteiger partial charge in [-0.25, -0.2) is 13.1 Å². The number of nitriles is 1. The molecule has 1 heterocycles. The fourth-order valence-electron chi connectivity index (χ4n) is 2.50. The Morgan fingerprint density at radius 3 is 2.79 bits per heavy atom. The van der Waals surface area contributed by atoms with Crippen LogP contribution in [0.1, 0.15) is 11.1 Å². The molecule has 3 rings (SSSR count). The van der Waals surface area contributed by atoms with Crippen LogP contribution in [0.4, 0.5) is 0 Å². The van der Waals surface area contributed by atoms with Crippen molar-refractivity contribution in [1.82, 2.24) is 4.72 Å². The Morgan fingerprint density at radius 2 is 2.00 bits per heavy atom. The van der Waals surface area contributed by atoms with E-state index in [9.17, 15) is 13.2 Å².